The predicted octanol–water partition coefficient (Wildman–Crippen LogP) is 3.58. The molecule has 0 bridgehead atoms. The number of aromatic nitrogens is 3. The molecular weight excluding hydrogens is 362 g/mol. The Labute approximate surface area is 165 Å². The second-order valence-corrected chi connectivity index (χ2v) is 7.64. The van der Waals surface area contributed by atoms with Crippen LogP contribution in [0.15, 0.2) is 18.2 Å². The van der Waals surface area contributed by atoms with Gasteiger partial charge in [-0.05, 0) is 44.9 Å². The maximum atomic E-state index is 12.5. The molecule has 146 valence electrons. The lowest BCUT2D eigenvalue weighted by atomic mass is 10.1. The van der Waals surface area contributed by atoms with E-state index in [0.29, 0.717) is 23.4 Å². The molecule has 2 aromatic heterocycles. The molecule has 3 rings (SSSR count). The highest BCUT2D eigenvalue weighted by Crippen LogP contribution is 2.18. The summed E-state index contributed by atoms with van der Waals surface area (Å²) in [6.45, 7) is 5.19. The summed E-state index contributed by atoms with van der Waals surface area (Å²) in [5.74, 6) is 0.331. The summed E-state index contributed by atoms with van der Waals surface area (Å²) in [5, 5.41) is 11.2. The van der Waals surface area contributed by atoms with Gasteiger partial charge in [-0.2, -0.15) is 5.10 Å². The van der Waals surface area contributed by atoms with Gasteiger partial charge in [-0.3, -0.25) is 4.79 Å². The Morgan fingerprint density at radius 1 is 1.19 bits per heavy atom. The Balaban J connectivity index is 1.57. The quantitative estimate of drug-likeness (QED) is 0.585. The summed E-state index contributed by atoms with van der Waals surface area (Å²) in [7, 11) is 0. The molecule has 2 aromatic rings. The van der Waals surface area contributed by atoms with Crippen molar-refractivity contribution in [3.63, 3.8) is 0 Å². The molecule has 1 aliphatic rings. The smallest absolute Gasteiger partial charge is 0.271 e. The molecule has 1 amide bonds. The van der Waals surface area contributed by atoms with Crippen molar-refractivity contribution in [2.75, 3.05) is 13.1 Å². The van der Waals surface area contributed by atoms with Gasteiger partial charge >= 0.3 is 0 Å². The fourth-order valence-electron chi connectivity index (χ4n) is 3.59. The monoisotopic (exact) mass is 389 g/mol. The van der Waals surface area contributed by atoms with Gasteiger partial charge in [-0.25, -0.2) is 9.67 Å². The summed E-state index contributed by atoms with van der Waals surface area (Å²) in [6, 6.07) is 6.00. The summed E-state index contributed by atoms with van der Waals surface area (Å²) in [5.41, 5.74) is 2.09. The SMILES string of the molecule is Cc1cc(C)n(-c2ccc(Cl)c(C(=O)NCCNC3CCCCCC3)n2)n1. The molecule has 27 heavy (non-hydrogen) atoms. The third-order valence-corrected chi connectivity index (χ3v) is 5.28. The average Bonchev–Trinajstić information content (AvgIpc) is 2.84. The zero-order valence-corrected chi connectivity index (χ0v) is 16.9. The third kappa shape index (κ3) is 5.30. The van der Waals surface area contributed by atoms with Gasteiger partial charge < -0.3 is 10.6 Å². The molecule has 2 N–H and O–H groups in total. The van der Waals surface area contributed by atoms with Crippen LogP contribution in [0.4, 0.5) is 0 Å². The first kappa shape index (κ1) is 19.8. The third-order valence-electron chi connectivity index (χ3n) is 4.97. The zero-order chi connectivity index (χ0) is 19.2. The van der Waals surface area contributed by atoms with Crippen molar-refractivity contribution < 1.29 is 4.79 Å². The van der Waals surface area contributed by atoms with Crippen molar-refractivity contribution in [1.82, 2.24) is 25.4 Å². The second kappa shape index (κ2) is 9.33. The van der Waals surface area contributed by atoms with Crippen LogP contribution in [-0.4, -0.2) is 39.8 Å². The Bertz CT molecular complexity index is 781. The van der Waals surface area contributed by atoms with Crippen LogP contribution in [0.3, 0.4) is 0 Å². The molecule has 0 unspecified atom stereocenters. The number of amides is 1. The van der Waals surface area contributed by atoms with Crippen molar-refractivity contribution in [2.45, 2.75) is 58.4 Å². The van der Waals surface area contributed by atoms with Crippen LogP contribution in [0.2, 0.25) is 5.02 Å². The summed E-state index contributed by atoms with van der Waals surface area (Å²) in [6.07, 6.45) is 7.72. The molecule has 1 aliphatic carbocycles. The number of rotatable bonds is 6. The van der Waals surface area contributed by atoms with E-state index in [-0.39, 0.29) is 11.6 Å². The van der Waals surface area contributed by atoms with Gasteiger partial charge in [0.05, 0.1) is 10.7 Å². The lowest BCUT2D eigenvalue weighted by Gasteiger charge is -2.16. The molecular formula is C20H28ClN5O. The number of nitrogens with one attached hydrogen (secondary N) is 2. The van der Waals surface area contributed by atoms with Gasteiger partial charge in [-0.1, -0.05) is 37.3 Å². The largest absolute Gasteiger partial charge is 0.349 e. The van der Waals surface area contributed by atoms with Crippen LogP contribution in [0.1, 0.15) is 60.4 Å². The maximum Gasteiger partial charge on any atom is 0.271 e. The van der Waals surface area contributed by atoms with Crippen LogP contribution in [0.5, 0.6) is 0 Å². The normalized spacial score (nSPS) is 15.5. The highest BCUT2D eigenvalue weighted by molar-refractivity contribution is 6.33. The summed E-state index contributed by atoms with van der Waals surface area (Å²) >= 11 is 6.21. The first-order valence-electron chi connectivity index (χ1n) is 9.76. The van der Waals surface area contributed by atoms with Crippen molar-refractivity contribution in [3.05, 3.63) is 40.3 Å². The zero-order valence-electron chi connectivity index (χ0n) is 16.1. The summed E-state index contributed by atoms with van der Waals surface area (Å²) in [4.78, 5) is 17.0. The number of pyridine rings is 1. The van der Waals surface area contributed by atoms with Crippen LogP contribution >= 0.6 is 11.6 Å². The minimum Gasteiger partial charge on any atom is -0.349 e. The van der Waals surface area contributed by atoms with Crippen molar-refractivity contribution >= 4 is 17.5 Å². The van der Waals surface area contributed by atoms with E-state index in [9.17, 15) is 4.79 Å². The van der Waals surface area contributed by atoms with E-state index >= 15 is 0 Å². The van der Waals surface area contributed by atoms with Crippen LogP contribution < -0.4 is 10.6 Å². The molecule has 0 atom stereocenters. The number of halogens is 1. The van der Waals surface area contributed by atoms with Gasteiger partial charge in [0.25, 0.3) is 5.91 Å². The lowest BCUT2D eigenvalue weighted by Crippen LogP contribution is -2.37. The number of nitrogens with zero attached hydrogens (tertiary/aromatic N) is 3. The topological polar surface area (TPSA) is 71.8 Å². The molecule has 1 fully saturated rings. The molecule has 1 saturated carbocycles. The fraction of sp³-hybridized carbons (Fsp3) is 0.550. The van der Waals surface area contributed by atoms with Gasteiger partial charge in [-0.15, -0.1) is 0 Å². The van der Waals surface area contributed by atoms with Crippen molar-refractivity contribution in [2.24, 2.45) is 0 Å². The second-order valence-electron chi connectivity index (χ2n) is 7.24. The number of aryl methyl sites for hydroxylation is 2. The highest BCUT2D eigenvalue weighted by Gasteiger charge is 2.16. The van der Waals surface area contributed by atoms with Crippen LogP contribution in [0, 0.1) is 13.8 Å². The van der Waals surface area contributed by atoms with Crippen LogP contribution in [-0.2, 0) is 0 Å². The molecule has 0 spiro atoms. The van der Waals surface area contributed by atoms with E-state index in [0.717, 1.165) is 17.9 Å². The van der Waals surface area contributed by atoms with Gasteiger partial charge in [0, 0.05) is 24.8 Å². The van der Waals surface area contributed by atoms with E-state index in [4.69, 9.17) is 11.6 Å². The number of carbonyl (C=O) groups excluding carboxylic acids is 1. The molecule has 0 saturated heterocycles. The predicted molar refractivity (Wildman–Crippen MR) is 108 cm³/mol. The van der Waals surface area contributed by atoms with E-state index in [1.165, 1.54) is 38.5 Å². The van der Waals surface area contributed by atoms with E-state index in [2.05, 4.69) is 20.7 Å². The Morgan fingerprint density at radius 3 is 2.59 bits per heavy atom. The summed E-state index contributed by atoms with van der Waals surface area (Å²) < 4.78 is 1.72. The van der Waals surface area contributed by atoms with Gasteiger partial charge in [0.1, 0.15) is 5.69 Å². The van der Waals surface area contributed by atoms with E-state index in [1.807, 2.05) is 19.9 Å². The molecule has 7 heteroatoms. The fourth-order valence-corrected chi connectivity index (χ4v) is 3.78. The standard InChI is InChI=1S/C20H28ClN5O/c1-14-13-15(2)26(25-14)18-10-9-17(21)19(24-18)20(27)23-12-11-22-16-7-5-3-4-6-8-16/h9-10,13,16,22H,3-8,11-12H2,1-2H3,(H,23,27). The van der Waals surface area contributed by atoms with Gasteiger partial charge in [0.15, 0.2) is 5.82 Å². The minimum atomic E-state index is -0.258. The van der Waals surface area contributed by atoms with E-state index in [1.54, 1.807) is 16.8 Å². The van der Waals surface area contributed by atoms with Gasteiger partial charge in [0.2, 0.25) is 0 Å². The highest BCUT2D eigenvalue weighted by atomic mass is 35.5. The average molecular weight is 390 g/mol. The van der Waals surface area contributed by atoms with E-state index < -0.39 is 0 Å². The number of hydrogen-bond donors (Lipinski definition) is 2. The Morgan fingerprint density at radius 2 is 1.93 bits per heavy atom. The first-order chi connectivity index (χ1) is 13.0. The molecule has 0 aromatic carbocycles. The molecule has 0 aliphatic heterocycles. The molecule has 0 radical (unpaired) electrons. The number of hydrogen-bond acceptors (Lipinski definition) is 4. The maximum absolute atomic E-state index is 12.5. The number of carbonyl (C=O) groups is 1. The molecule has 6 nitrogen and oxygen atoms in total. The van der Waals surface area contributed by atoms with Crippen molar-refractivity contribution in [3.8, 4) is 5.82 Å². The van der Waals surface area contributed by atoms with Crippen molar-refractivity contribution in [1.29, 1.82) is 0 Å². The molecule has 2 heterocycles. The Kier molecular flexibility index (Phi) is 6.85. The minimum absolute atomic E-state index is 0.233. The Hall–Kier alpha value is -1.92. The lowest BCUT2D eigenvalue weighted by molar-refractivity contribution is 0.0948. The first-order valence-corrected chi connectivity index (χ1v) is 10.1. The van der Waals surface area contributed by atoms with Crippen LogP contribution in [0.25, 0.3) is 5.82 Å².